The van der Waals surface area contributed by atoms with Gasteiger partial charge in [-0.25, -0.2) is 4.79 Å². The van der Waals surface area contributed by atoms with Gasteiger partial charge < -0.3 is 20.3 Å². The summed E-state index contributed by atoms with van der Waals surface area (Å²) in [5.41, 5.74) is 1.12. The van der Waals surface area contributed by atoms with E-state index in [0.717, 1.165) is 43.2 Å². The Morgan fingerprint density at radius 1 is 1.03 bits per heavy atom. The first kappa shape index (κ1) is 27.5. The highest BCUT2D eigenvalue weighted by Crippen LogP contribution is 2.23. The van der Waals surface area contributed by atoms with Crippen molar-refractivity contribution in [3.63, 3.8) is 0 Å². The largest absolute Gasteiger partial charge is 0.444 e. The maximum Gasteiger partial charge on any atom is 0.408 e. The van der Waals surface area contributed by atoms with Crippen LogP contribution in [0.4, 0.5) is 4.79 Å². The lowest BCUT2D eigenvalue weighted by molar-refractivity contribution is -0.140. The number of rotatable bonds is 12. The molecule has 7 nitrogen and oxygen atoms in total. The van der Waals surface area contributed by atoms with E-state index in [1.807, 2.05) is 38.1 Å². The molecule has 0 aliphatic heterocycles. The summed E-state index contributed by atoms with van der Waals surface area (Å²) < 4.78 is 5.23. The third-order valence-corrected chi connectivity index (χ3v) is 4.85. The van der Waals surface area contributed by atoms with Crippen molar-refractivity contribution in [2.75, 3.05) is 19.6 Å². The molecule has 0 spiro atoms. The number of aryl methyl sites for hydroxylation is 1. The molecule has 0 aromatic heterocycles. The fourth-order valence-corrected chi connectivity index (χ4v) is 3.29. The minimum Gasteiger partial charge on any atom is -0.444 e. The van der Waals surface area contributed by atoms with Gasteiger partial charge in [0.1, 0.15) is 18.2 Å². The molecular formula is C25H41N3O4. The maximum absolute atomic E-state index is 13.2. The molecule has 1 rings (SSSR count). The molecule has 2 N–H and O–H groups in total. The van der Waals surface area contributed by atoms with Crippen LogP contribution in [-0.4, -0.2) is 48.0 Å². The number of alkyl carbamates (subject to hydrolysis) is 1. The van der Waals surface area contributed by atoms with Crippen molar-refractivity contribution in [3.05, 3.63) is 35.4 Å². The van der Waals surface area contributed by atoms with Gasteiger partial charge in [-0.2, -0.15) is 0 Å². The van der Waals surface area contributed by atoms with E-state index in [0.29, 0.717) is 13.1 Å². The van der Waals surface area contributed by atoms with Crippen LogP contribution in [0.25, 0.3) is 0 Å². The highest BCUT2D eigenvalue weighted by atomic mass is 16.6. The summed E-state index contributed by atoms with van der Waals surface area (Å²) in [6.45, 7) is 12.2. The molecule has 0 saturated carbocycles. The number of benzene rings is 1. The van der Waals surface area contributed by atoms with Crippen LogP contribution in [-0.2, 0) is 14.3 Å². The summed E-state index contributed by atoms with van der Waals surface area (Å²) in [6.07, 6.45) is 3.97. The second kappa shape index (κ2) is 13.8. The zero-order valence-corrected chi connectivity index (χ0v) is 20.6. The number of hydrogen-bond donors (Lipinski definition) is 2. The van der Waals surface area contributed by atoms with Gasteiger partial charge in [0.25, 0.3) is 0 Å². The third kappa shape index (κ3) is 10.2. The molecule has 1 atom stereocenters. The number of carbonyl (C=O) groups is 3. The first-order chi connectivity index (χ1) is 15.1. The zero-order chi connectivity index (χ0) is 24.1. The van der Waals surface area contributed by atoms with Crippen LogP contribution < -0.4 is 10.6 Å². The Kier molecular flexibility index (Phi) is 11.8. The summed E-state index contributed by atoms with van der Waals surface area (Å²) in [7, 11) is 0. The van der Waals surface area contributed by atoms with Gasteiger partial charge in [0, 0.05) is 13.1 Å². The van der Waals surface area contributed by atoms with Gasteiger partial charge >= 0.3 is 6.09 Å². The first-order valence-electron chi connectivity index (χ1n) is 11.7. The molecule has 0 fully saturated rings. The van der Waals surface area contributed by atoms with Crippen molar-refractivity contribution < 1.29 is 19.1 Å². The third-order valence-electron chi connectivity index (χ3n) is 4.85. The van der Waals surface area contributed by atoms with Crippen LogP contribution in [0.3, 0.4) is 0 Å². The fraction of sp³-hybridized carbons (Fsp3) is 0.640. The van der Waals surface area contributed by atoms with E-state index in [1.54, 1.807) is 25.7 Å². The molecule has 0 heterocycles. The average molecular weight is 448 g/mol. The summed E-state index contributed by atoms with van der Waals surface area (Å²) >= 11 is 0. The second-order valence-electron chi connectivity index (χ2n) is 9.11. The molecule has 0 aliphatic carbocycles. The highest BCUT2D eigenvalue weighted by molar-refractivity contribution is 5.90. The predicted molar refractivity (Wildman–Crippen MR) is 127 cm³/mol. The van der Waals surface area contributed by atoms with E-state index in [9.17, 15) is 14.4 Å². The van der Waals surface area contributed by atoms with Crippen molar-refractivity contribution in [3.8, 4) is 0 Å². The Bertz CT molecular complexity index is 743. The first-order valence-corrected chi connectivity index (χ1v) is 11.7. The monoisotopic (exact) mass is 447 g/mol. The minimum atomic E-state index is -0.754. The van der Waals surface area contributed by atoms with Crippen molar-refractivity contribution in [2.24, 2.45) is 0 Å². The van der Waals surface area contributed by atoms with Crippen molar-refractivity contribution in [1.82, 2.24) is 15.5 Å². The zero-order valence-electron chi connectivity index (χ0n) is 20.6. The predicted octanol–water partition coefficient (Wildman–Crippen LogP) is 4.50. The van der Waals surface area contributed by atoms with Crippen molar-refractivity contribution in [1.29, 1.82) is 0 Å². The lowest BCUT2D eigenvalue weighted by Gasteiger charge is -2.32. The summed E-state index contributed by atoms with van der Waals surface area (Å²) in [4.78, 5) is 40.0. The Morgan fingerprint density at radius 3 is 2.31 bits per heavy atom. The molecule has 3 amide bonds. The van der Waals surface area contributed by atoms with Crippen LogP contribution in [0.5, 0.6) is 0 Å². The number of carbonyl (C=O) groups excluding carboxylic acids is 3. The van der Waals surface area contributed by atoms with E-state index in [-0.39, 0.29) is 18.4 Å². The number of hydrogen-bond acceptors (Lipinski definition) is 4. The number of unbranched alkanes of at least 4 members (excludes halogenated alkanes) is 3. The van der Waals surface area contributed by atoms with Gasteiger partial charge in [0.05, 0.1) is 0 Å². The second-order valence-corrected chi connectivity index (χ2v) is 9.11. The van der Waals surface area contributed by atoms with Gasteiger partial charge in [-0.15, -0.1) is 0 Å². The smallest absolute Gasteiger partial charge is 0.408 e. The highest BCUT2D eigenvalue weighted by Gasteiger charge is 2.31. The molecule has 0 radical (unpaired) electrons. The van der Waals surface area contributed by atoms with Gasteiger partial charge in [-0.1, -0.05) is 62.9 Å². The molecule has 32 heavy (non-hydrogen) atoms. The summed E-state index contributed by atoms with van der Waals surface area (Å²) in [5, 5.41) is 5.53. The minimum absolute atomic E-state index is 0.201. The molecule has 180 valence electrons. The molecule has 1 aromatic rings. The van der Waals surface area contributed by atoms with Crippen LogP contribution in [0.1, 0.15) is 83.9 Å². The van der Waals surface area contributed by atoms with Crippen LogP contribution in [0, 0.1) is 6.92 Å². The number of nitrogens with zero attached hydrogens (tertiary/aromatic N) is 1. The Labute approximate surface area is 193 Å². The molecule has 7 heteroatoms. The molecule has 0 bridgehead atoms. The molecule has 1 unspecified atom stereocenters. The molecule has 0 saturated heterocycles. The lowest BCUT2D eigenvalue weighted by Crippen LogP contribution is -2.48. The van der Waals surface area contributed by atoms with E-state index < -0.39 is 17.7 Å². The normalized spacial score (nSPS) is 12.1. The van der Waals surface area contributed by atoms with E-state index in [1.165, 1.54) is 0 Å². The quantitative estimate of drug-likeness (QED) is 0.462. The Balaban J connectivity index is 3.09. The van der Waals surface area contributed by atoms with E-state index in [4.69, 9.17) is 4.74 Å². The topological polar surface area (TPSA) is 87.7 Å². The Morgan fingerprint density at radius 2 is 1.72 bits per heavy atom. The van der Waals surface area contributed by atoms with Crippen LogP contribution in [0.15, 0.2) is 24.3 Å². The molecular weight excluding hydrogens is 406 g/mol. The maximum atomic E-state index is 13.2. The number of amides is 3. The Hall–Kier alpha value is -2.57. The van der Waals surface area contributed by atoms with E-state index >= 15 is 0 Å². The van der Waals surface area contributed by atoms with Crippen molar-refractivity contribution in [2.45, 2.75) is 85.3 Å². The average Bonchev–Trinajstić information content (AvgIpc) is 2.71. The van der Waals surface area contributed by atoms with Crippen LogP contribution >= 0.6 is 0 Å². The standard InChI is InChI=1S/C25H41N3O4/c1-7-9-11-15-26-23(30)22(20-14-12-13-19(3)17-20)28(16-10-8-2)21(29)18-27-24(31)32-25(4,5)6/h12-14,17,22H,7-11,15-16,18H2,1-6H3,(H,26,30)(H,27,31). The summed E-state index contributed by atoms with van der Waals surface area (Å²) in [5.74, 6) is -0.520. The SMILES string of the molecule is CCCCCNC(=O)C(c1cccc(C)c1)N(CCCC)C(=O)CNC(=O)OC(C)(C)C. The van der Waals surface area contributed by atoms with Gasteiger partial charge in [-0.05, 0) is 46.1 Å². The van der Waals surface area contributed by atoms with Gasteiger partial charge in [0.15, 0.2) is 0 Å². The van der Waals surface area contributed by atoms with Gasteiger partial charge in [-0.3, -0.25) is 9.59 Å². The fourth-order valence-electron chi connectivity index (χ4n) is 3.29. The van der Waals surface area contributed by atoms with Gasteiger partial charge in [0.2, 0.25) is 11.8 Å². The number of ether oxygens (including phenoxy) is 1. The lowest BCUT2D eigenvalue weighted by atomic mass is 10.0. The van der Waals surface area contributed by atoms with E-state index in [2.05, 4.69) is 17.6 Å². The molecule has 1 aromatic carbocycles. The van der Waals surface area contributed by atoms with Crippen LogP contribution in [0.2, 0.25) is 0 Å². The molecule has 0 aliphatic rings. The van der Waals surface area contributed by atoms with Crippen molar-refractivity contribution >= 4 is 17.9 Å². The summed E-state index contributed by atoms with van der Waals surface area (Å²) in [6, 6.07) is 6.91. The number of nitrogens with one attached hydrogen (secondary N) is 2.